The van der Waals surface area contributed by atoms with Gasteiger partial charge >= 0.3 is 0 Å². The summed E-state index contributed by atoms with van der Waals surface area (Å²) in [7, 11) is 0. The zero-order chi connectivity index (χ0) is 6.81. The van der Waals surface area contributed by atoms with Gasteiger partial charge in [0.15, 0.2) is 5.42 Å². The molecular weight excluding hydrogens is 124 g/mol. The van der Waals surface area contributed by atoms with Crippen LogP contribution in [0.25, 0.3) is 11.8 Å². The molecule has 1 heterocycles. The molecule has 0 saturated heterocycles. The zero-order valence-corrected chi connectivity index (χ0v) is 5.37. The Bertz CT molecular complexity index is 400. The number of furan rings is 1. The molecule has 10 heavy (non-hydrogen) atoms. The van der Waals surface area contributed by atoms with Crippen LogP contribution in [-0.4, -0.2) is 0 Å². The minimum Gasteiger partial charge on any atom is -0.456 e. The first-order valence-corrected chi connectivity index (χ1v) is 3.14. The summed E-state index contributed by atoms with van der Waals surface area (Å²) in [5, 5.41) is 1.09. The van der Waals surface area contributed by atoms with Crippen LogP contribution in [0.2, 0.25) is 0 Å². The molecule has 0 saturated carbocycles. The molecule has 0 spiro atoms. The Balaban J connectivity index is 3.03. The highest BCUT2D eigenvalue weighted by Gasteiger charge is 1.85. The number of rotatable bonds is 0. The van der Waals surface area contributed by atoms with Crippen LogP contribution in [0.4, 0.5) is 0 Å². The van der Waals surface area contributed by atoms with Crippen LogP contribution in [0.3, 0.4) is 0 Å². The summed E-state index contributed by atoms with van der Waals surface area (Å²) < 4.78 is 5.12. The van der Waals surface area contributed by atoms with Gasteiger partial charge in [0, 0.05) is 5.22 Å². The lowest BCUT2D eigenvalue weighted by atomic mass is 10.4. The van der Waals surface area contributed by atoms with Crippen LogP contribution in [0.1, 0.15) is 0 Å². The Morgan fingerprint density at radius 2 is 2.30 bits per heavy atom. The minimum atomic E-state index is 0.810. The molecule has 1 aromatic heterocycles. The average molecular weight is 130 g/mol. The van der Waals surface area contributed by atoms with Crippen LogP contribution in [0.15, 0.2) is 35.0 Å². The number of fused-ring (bicyclic) bond motifs is 1. The number of allylic oxidation sites excluding steroid dienone is 3. The van der Waals surface area contributed by atoms with Crippen LogP contribution in [0, 0.1) is 0 Å². The van der Waals surface area contributed by atoms with E-state index in [1.165, 1.54) is 0 Å². The van der Waals surface area contributed by atoms with E-state index in [1.807, 2.05) is 30.4 Å². The van der Waals surface area contributed by atoms with Crippen molar-refractivity contribution in [3.05, 3.63) is 41.2 Å². The molecular formula is C9H6O. The van der Waals surface area contributed by atoms with Gasteiger partial charge in [-0.05, 0) is 12.1 Å². The maximum absolute atomic E-state index is 5.12. The van der Waals surface area contributed by atoms with E-state index in [-0.39, 0.29) is 0 Å². The molecule has 0 bridgehead atoms. The van der Waals surface area contributed by atoms with E-state index in [2.05, 4.69) is 5.73 Å². The Morgan fingerprint density at radius 1 is 1.30 bits per heavy atom. The van der Waals surface area contributed by atoms with E-state index in [4.69, 9.17) is 4.42 Å². The van der Waals surface area contributed by atoms with Crippen molar-refractivity contribution in [1.82, 2.24) is 0 Å². The largest absolute Gasteiger partial charge is 0.456 e. The lowest BCUT2D eigenvalue weighted by molar-refractivity contribution is 0.532. The van der Waals surface area contributed by atoms with Crippen molar-refractivity contribution in [3.63, 3.8) is 0 Å². The summed E-state index contributed by atoms with van der Waals surface area (Å²) in [5.41, 5.74) is 3.81. The summed E-state index contributed by atoms with van der Waals surface area (Å²) in [6.07, 6.45) is 9.40. The first-order valence-electron chi connectivity index (χ1n) is 3.14. The molecule has 0 unspecified atom stereocenters. The molecule has 0 aromatic carbocycles. The van der Waals surface area contributed by atoms with Crippen molar-refractivity contribution >= 4 is 11.8 Å². The van der Waals surface area contributed by atoms with Gasteiger partial charge in [0.05, 0.1) is 6.26 Å². The summed E-state index contributed by atoms with van der Waals surface area (Å²) >= 11 is 0. The summed E-state index contributed by atoms with van der Waals surface area (Å²) in [5.74, 6) is 0. The fourth-order valence-corrected chi connectivity index (χ4v) is 0.906. The van der Waals surface area contributed by atoms with Crippen molar-refractivity contribution in [2.75, 3.05) is 0 Å². The van der Waals surface area contributed by atoms with E-state index >= 15 is 0 Å². The minimum absolute atomic E-state index is 0.810. The molecule has 1 heteroatoms. The fraction of sp³-hybridized carbons (Fsp3) is 0. The molecule has 0 atom stereocenters. The molecule has 0 aliphatic heterocycles. The quantitative estimate of drug-likeness (QED) is 0.500. The van der Waals surface area contributed by atoms with Crippen molar-refractivity contribution in [1.29, 1.82) is 0 Å². The maximum Gasteiger partial charge on any atom is 0.176 e. The number of hydrogen-bond acceptors (Lipinski definition) is 1. The summed E-state index contributed by atoms with van der Waals surface area (Å²) in [4.78, 5) is 0. The van der Waals surface area contributed by atoms with Gasteiger partial charge in [-0.3, -0.25) is 0 Å². The zero-order valence-electron chi connectivity index (χ0n) is 5.37. The van der Waals surface area contributed by atoms with Crippen molar-refractivity contribution in [2.24, 2.45) is 0 Å². The van der Waals surface area contributed by atoms with Crippen LogP contribution < -0.4 is 10.6 Å². The summed E-state index contributed by atoms with van der Waals surface area (Å²) in [6.45, 7) is 0. The first kappa shape index (κ1) is 5.33. The van der Waals surface area contributed by atoms with E-state index < -0.39 is 0 Å². The van der Waals surface area contributed by atoms with Crippen LogP contribution in [-0.2, 0) is 0 Å². The first-order chi connectivity index (χ1) is 4.97. The predicted molar refractivity (Wildman–Crippen MR) is 39.5 cm³/mol. The number of hydrogen-bond donors (Lipinski definition) is 0. The monoisotopic (exact) mass is 130 g/mol. The van der Waals surface area contributed by atoms with Gasteiger partial charge < -0.3 is 4.42 Å². The molecule has 0 radical (unpaired) electrons. The van der Waals surface area contributed by atoms with Gasteiger partial charge in [-0.1, -0.05) is 24.0 Å². The third-order valence-corrected chi connectivity index (χ3v) is 1.39. The Labute approximate surface area is 58.3 Å². The Hall–Kier alpha value is -1.46. The maximum atomic E-state index is 5.12. The predicted octanol–water partition coefficient (Wildman–Crippen LogP) is 0.566. The molecule has 0 amide bonds. The average Bonchev–Trinajstić information content (AvgIpc) is 2.28. The van der Waals surface area contributed by atoms with Gasteiger partial charge in [0.1, 0.15) is 0 Å². The normalized spacial score (nSPS) is 13.2. The third-order valence-electron chi connectivity index (χ3n) is 1.39. The second kappa shape index (κ2) is 2.05. The summed E-state index contributed by atoms with van der Waals surface area (Å²) in [6, 6.07) is 1.92. The fourth-order valence-electron chi connectivity index (χ4n) is 0.906. The molecule has 0 fully saturated rings. The smallest absolute Gasteiger partial charge is 0.176 e. The standard InChI is InChI=1S/C9H6O/c1-2-4-8-6-7-10-9(8)5-3-1/h1-4,6-7H. The second-order valence-corrected chi connectivity index (χ2v) is 2.07. The van der Waals surface area contributed by atoms with Gasteiger partial charge in [-0.15, -0.1) is 0 Å². The van der Waals surface area contributed by atoms with Gasteiger partial charge in [-0.2, -0.15) is 0 Å². The Morgan fingerprint density at radius 3 is 3.30 bits per heavy atom. The van der Waals surface area contributed by atoms with E-state index in [1.54, 1.807) is 6.26 Å². The highest BCUT2D eigenvalue weighted by Crippen LogP contribution is 1.79. The lowest BCUT2D eigenvalue weighted by Crippen LogP contribution is -2.16. The molecule has 0 N–H and O–H groups in total. The topological polar surface area (TPSA) is 13.1 Å². The van der Waals surface area contributed by atoms with Gasteiger partial charge in [-0.25, -0.2) is 0 Å². The van der Waals surface area contributed by atoms with Gasteiger partial charge in [0.25, 0.3) is 0 Å². The van der Waals surface area contributed by atoms with Crippen molar-refractivity contribution in [2.45, 2.75) is 0 Å². The molecule has 48 valence electrons. The van der Waals surface area contributed by atoms with E-state index in [0.29, 0.717) is 0 Å². The molecule has 2 rings (SSSR count). The Kier molecular flexibility index (Phi) is 1.09. The molecule has 1 aliphatic rings. The van der Waals surface area contributed by atoms with Crippen molar-refractivity contribution < 1.29 is 4.42 Å². The highest BCUT2D eigenvalue weighted by atomic mass is 16.3. The van der Waals surface area contributed by atoms with Crippen LogP contribution >= 0.6 is 0 Å². The third kappa shape index (κ3) is 0.734. The van der Waals surface area contributed by atoms with E-state index in [9.17, 15) is 0 Å². The molecule has 1 aliphatic carbocycles. The molecule has 1 aromatic rings. The SMILES string of the molecule is C1=CC=CC=c2ccoc2=1. The lowest BCUT2D eigenvalue weighted by Gasteiger charge is -1.66. The van der Waals surface area contributed by atoms with Crippen LogP contribution in [0.5, 0.6) is 0 Å². The molecule has 1 nitrogen and oxygen atoms in total. The van der Waals surface area contributed by atoms with E-state index in [0.717, 1.165) is 10.6 Å². The second-order valence-electron chi connectivity index (χ2n) is 2.07. The van der Waals surface area contributed by atoms with Gasteiger partial charge in [0.2, 0.25) is 0 Å². The van der Waals surface area contributed by atoms with Crippen molar-refractivity contribution in [3.8, 4) is 0 Å². The highest BCUT2D eigenvalue weighted by molar-refractivity contribution is 5.42.